The average molecular weight is 213 g/mol. The largest absolute Gasteiger partial charge is 0.197 e. The zero-order valence-electron chi connectivity index (χ0n) is 10.2. The molecule has 0 amide bonds. The molecule has 0 aliphatic heterocycles. The Morgan fingerprint density at radius 2 is 2.12 bits per heavy atom. The summed E-state index contributed by atoms with van der Waals surface area (Å²) in [6.07, 6.45) is 4.30. The molecule has 0 spiro atoms. The monoisotopic (exact) mass is 213 g/mol. The fourth-order valence-electron chi connectivity index (χ4n) is 2.99. The second kappa shape index (κ2) is 4.29. The van der Waals surface area contributed by atoms with Crippen LogP contribution in [0.2, 0.25) is 0 Å². The van der Waals surface area contributed by atoms with E-state index in [1.54, 1.807) is 0 Å². The van der Waals surface area contributed by atoms with Crippen LogP contribution in [-0.2, 0) is 11.8 Å². The van der Waals surface area contributed by atoms with E-state index in [0.29, 0.717) is 5.92 Å². The molecule has 0 aromatic heterocycles. The van der Waals surface area contributed by atoms with Crippen molar-refractivity contribution >= 4 is 0 Å². The molecular weight excluding hydrogens is 194 g/mol. The molecule has 2 rings (SSSR count). The Bertz CT molecular complexity index is 414. The standard InChI is InChI=1S/C15H19N/c1-12(2)10-15(11-16)9-5-7-13-6-3-4-8-14(13)15/h3-4,6,8,12H,5,7,9-10H2,1-2H3. The van der Waals surface area contributed by atoms with Crippen molar-refractivity contribution in [3.05, 3.63) is 35.4 Å². The molecule has 0 heterocycles. The molecule has 0 fully saturated rings. The van der Waals surface area contributed by atoms with Crippen LogP contribution in [0.15, 0.2) is 24.3 Å². The molecule has 0 radical (unpaired) electrons. The average Bonchev–Trinajstić information content (AvgIpc) is 2.29. The van der Waals surface area contributed by atoms with Gasteiger partial charge in [0.1, 0.15) is 0 Å². The number of fused-ring (bicyclic) bond motifs is 1. The zero-order chi connectivity index (χ0) is 11.6. The molecular formula is C15H19N. The van der Waals surface area contributed by atoms with Crippen LogP contribution in [-0.4, -0.2) is 0 Å². The Morgan fingerprint density at radius 1 is 1.38 bits per heavy atom. The van der Waals surface area contributed by atoms with E-state index in [9.17, 15) is 5.26 Å². The van der Waals surface area contributed by atoms with Crippen molar-refractivity contribution in [1.29, 1.82) is 5.26 Å². The molecule has 0 N–H and O–H groups in total. The maximum Gasteiger partial charge on any atom is 0.0827 e. The predicted molar refractivity (Wildman–Crippen MR) is 66.1 cm³/mol. The van der Waals surface area contributed by atoms with Gasteiger partial charge in [-0.05, 0) is 42.7 Å². The minimum Gasteiger partial charge on any atom is -0.197 e. The quantitative estimate of drug-likeness (QED) is 0.732. The van der Waals surface area contributed by atoms with Crippen LogP contribution in [0.4, 0.5) is 0 Å². The molecule has 1 heteroatoms. The topological polar surface area (TPSA) is 23.8 Å². The lowest BCUT2D eigenvalue weighted by Crippen LogP contribution is -2.30. The first-order chi connectivity index (χ1) is 7.68. The van der Waals surface area contributed by atoms with Gasteiger partial charge >= 0.3 is 0 Å². The first kappa shape index (κ1) is 11.2. The normalized spacial score (nSPS) is 23.9. The van der Waals surface area contributed by atoms with Crippen molar-refractivity contribution in [3.8, 4) is 6.07 Å². The van der Waals surface area contributed by atoms with Crippen molar-refractivity contribution in [1.82, 2.24) is 0 Å². The highest BCUT2D eigenvalue weighted by Crippen LogP contribution is 2.41. The maximum absolute atomic E-state index is 9.59. The van der Waals surface area contributed by atoms with Gasteiger partial charge in [-0.1, -0.05) is 38.1 Å². The Hall–Kier alpha value is -1.29. The number of nitriles is 1. The minimum absolute atomic E-state index is 0.219. The molecule has 1 atom stereocenters. The number of nitrogens with zero attached hydrogens (tertiary/aromatic N) is 1. The number of aryl methyl sites for hydroxylation is 1. The Balaban J connectivity index is 2.46. The maximum atomic E-state index is 9.59. The van der Waals surface area contributed by atoms with Crippen LogP contribution < -0.4 is 0 Å². The summed E-state index contributed by atoms with van der Waals surface area (Å²) < 4.78 is 0. The third-order valence-corrected chi connectivity index (χ3v) is 3.55. The lowest BCUT2D eigenvalue weighted by atomic mass is 9.67. The number of benzene rings is 1. The van der Waals surface area contributed by atoms with E-state index < -0.39 is 0 Å². The molecule has 1 unspecified atom stereocenters. The second-order valence-corrected chi connectivity index (χ2v) is 5.30. The van der Waals surface area contributed by atoms with Gasteiger partial charge in [-0.15, -0.1) is 0 Å². The summed E-state index contributed by atoms with van der Waals surface area (Å²) in [6.45, 7) is 4.41. The van der Waals surface area contributed by atoms with E-state index >= 15 is 0 Å². The lowest BCUT2D eigenvalue weighted by molar-refractivity contribution is 0.368. The number of hydrogen-bond donors (Lipinski definition) is 0. The van der Waals surface area contributed by atoms with Gasteiger partial charge in [-0.25, -0.2) is 0 Å². The first-order valence-corrected chi connectivity index (χ1v) is 6.17. The summed E-state index contributed by atoms with van der Waals surface area (Å²) in [5.74, 6) is 0.575. The minimum atomic E-state index is -0.219. The number of hydrogen-bond acceptors (Lipinski definition) is 1. The Labute approximate surface area is 98.1 Å². The number of rotatable bonds is 2. The summed E-state index contributed by atoms with van der Waals surface area (Å²) in [7, 11) is 0. The first-order valence-electron chi connectivity index (χ1n) is 6.17. The SMILES string of the molecule is CC(C)CC1(C#N)CCCc2ccccc21. The van der Waals surface area contributed by atoms with Crippen molar-refractivity contribution in [2.45, 2.75) is 44.9 Å². The molecule has 16 heavy (non-hydrogen) atoms. The fraction of sp³-hybridized carbons (Fsp3) is 0.533. The highest BCUT2D eigenvalue weighted by molar-refractivity contribution is 5.41. The van der Waals surface area contributed by atoms with Gasteiger partial charge in [0.25, 0.3) is 0 Å². The van der Waals surface area contributed by atoms with Gasteiger partial charge in [0.15, 0.2) is 0 Å². The van der Waals surface area contributed by atoms with Crippen molar-refractivity contribution in [2.75, 3.05) is 0 Å². The lowest BCUT2D eigenvalue weighted by Gasteiger charge is -2.34. The molecule has 0 saturated heterocycles. The summed E-state index contributed by atoms with van der Waals surface area (Å²) in [5.41, 5.74) is 2.46. The van der Waals surface area contributed by atoms with Crippen LogP contribution in [0, 0.1) is 17.2 Å². The van der Waals surface area contributed by atoms with Crippen LogP contribution in [0.3, 0.4) is 0 Å². The molecule has 1 aliphatic carbocycles. The van der Waals surface area contributed by atoms with Crippen LogP contribution in [0.5, 0.6) is 0 Å². The van der Waals surface area contributed by atoms with E-state index in [2.05, 4.69) is 44.2 Å². The van der Waals surface area contributed by atoms with Crippen molar-refractivity contribution in [3.63, 3.8) is 0 Å². The summed E-state index contributed by atoms with van der Waals surface area (Å²) in [5, 5.41) is 9.59. The molecule has 0 bridgehead atoms. The molecule has 1 aromatic rings. The van der Waals surface area contributed by atoms with E-state index in [-0.39, 0.29) is 5.41 Å². The zero-order valence-corrected chi connectivity index (χ0v) is 10.2. The Kier molecular flexibility index (Phi) is 3.01. The molecule has 1 nitrogen and oxygen atoms in total. The Morgan fingerprint density at radius 3 is 2.81 bits per heavy atom. The van der Waals surface area contributed by atoms with Gasteiger partial charge < -0.3 is 0 Å². The summed E-state index contributed by atoms with van der Waals surface area (Å²) in [4.78, 5) is 0. The molecule has 1 aromatic carbocycles. The van der Waals surface area contributed by atoms with Gasteiger partial charge in [0.05, 0.1) is 11.5 Å². The van der Waals surface area contributed by atoms with E-state index in [1.807, 2.05) is 0 Å². The molecule has 84 valence electrons. The smallest absolute Gasteiger partial charge is 0.0827 e. The third-order valence-electron chi connectivity index (χ3n) is 3.55. The second-order valence-electron chi connectivity index (χ2n) is 5.30. The summed E-state index contributed by atoms with van der Waals surface area (Å²) in [6, 6.07) is 11.1. The van der Waals surface area contributed by atoms with Crippen molar-refractivity contribution < 1.29 is 0 Å². The van der Waals surface area contributed by atoms with Gasteiger partial charge in [0, 0.05) is 0 Å². The summed E-state index contributed by atoms with van der Waals surface area (Å²) >= 11 is 0. The van der Waals surface area contributed by atoms with Crippen LogP contribution in [0.25, 0.3) is 0 Å². The van der Waals surface area contributed by atoms with E-state index in [4.69, 9.17) is 0 Å². The fourth-order valence-corrected chi connectivity index (χ4v) is 2.99. The van der Waals surface area contributed by atoms with Crippen LogP contribution in [0.1, 0.15) is 44.2 Å². The van der Waals surface area contributed by atoms with Gasteiger partial charge in [-0.2, -0.15) is 5.26 Å². The van der Waals surface area contributed by atoms with E-state index in [0.717, 1.165) is 25.7 Å². The molecule has 1 aliphatic rings. The molecule has 0 saturated carbocycles. The van der Waals surface area contributed by atoms with Crippen LogP contribution >= 0.6 is 0 Å². The van der Waals surface area contributed by atoms with Gasteiger partial charge in [-0.3, -0.25) is 0 Å². The highest BCUT2D eigenvalue weighted by Gasteiger charge is 2.36. The van der Waals surface area contributed by atoms with Gasteiger partial charge in [0.2, 0.25) is 0 Å². The highest BCUT2D eigenvalue weighted by atomic mass is 14.4. The van der Waals surface area contributed by atoms with Crippen molar-refractivity contribution in [2.24, 2.45) is 5.92 Å². The van der Waals surface area contributed by atoms with E-state index in [1.165, 1.54) is 11.1 Å². The third kappa shape index (κ3) is 1.85. The predicted octanol–water partition coefficient (Wildman–Crippen LogP) is 3.83.